The molecular weight excluding hydrogens is 510 g/mol. The van der Waals surface area contributed by atoms with Crippen LogP contribution in [-0.2, 0) is 17.4 Å². The number of carboxylic acids is 1. The molecule has 39 heavy (non-hydrogen) atoms. The molecule has 4 unspecified atom stereocenters. The summed E-state index contributed by atoms with van der Waals surface area (Å²) < 4.78 is 61.6. The molecule has 0 radical (unpaired) electrons. The number of benzene rings is 2. The van der Waals surface area contributed by atoms with Crippen LogP contribution in [0.4, 0.5) is 17.6 Å². The monoisotopic (exact) mass is 545 g/mol. The van der Waals surface area contributed by atoms with Crippen molar-refractivity contribution in [1.29, 1.82) is 0 Å². The second-order valence-electron chi connectivity index (χ2n) is 12.2. The van der Waals surface area contributed by atoms with Crippen molar-refractivity contribution in [2.75, 3.05) is 6.54 Å². The van der Waals surface area contributed by atoms with Crippen molar-refractivity contribution in [1.82, 2.24) is 4.90 Å². The van der Waals surface area contributed by atoms with E-state index in [9.17, 15) is 27.5 Å². The molecule has 6 rings (SSSR count). The number of aliphatic carboxylic acids is 1. The Bertz CT molecular complexity index is 1260. The van der Waals surface area contributed by atoms with Crippen LogP contribution >= 0.6 is 0 Å². The van der Waals surface area contributed by atoms with Crippen molar-refractivity contribution in [2.24, 2.45) is 23.7 Å². The highest BCUT2D eigenvalue weighted by molar-refractivity contribution is 5.71. The van der Waals surface area contributed by atoms with Crippen LogP contribution in [0, 0.1) is 29.5 Å². The molecule has 2 saturated carbocycles. The van der Waals surface area contributed by atoms with Crippen molar-refractivity contribution >= 4 is 5.97 Å². The van der Waals surface area contributed by atoms with E-state index < -0.39 is 35.5 Å². The van der Waals surface area contributed by atoms with E-state index in [-0.39, 0.29) is 23.6 Å². The van der Waals surface area contributed by atoms with Gasteiger partial charge in [0.1, 0.15) is 17.7 Å². The van der Waals surface area contributed by atoms with E-state index in [1.54, 1.807) is 13.8 Å². The Kier molecular flexibility index (Phi) is 6.68. The van der Waals surface area contributed by atoms with E-state index in [1.165, 1.54) is 0 Å². The summed E-state index contributed by atoms with van der Waals surface area (Å²) in [6, 6.07) is 8.61. The number of ether oxygens (including phenoxy) is 1. The largest absolute Gasteiger partial charge is 0.490 e. The summed E-state index contributed by atoms with van der Waals surface area (Å²) in [5.41, 5.74) is 1.43. The number of piperidine rings is 1. The van der Waals surface area contributed by atoms with Crippen LogP contribution in [0.15, 0.2) is 36.4 Å². The Balaban J connectivity index is 1.16. The van der Waals surface area contributed by atoms with E-state index in [0.717, 1.165) is 73.6 Å². The summed E-state index contributed by atoms with van der Waals surface area (Å²) >= 11 is 0. The van der Waals surface area contributed by atoms with E-state index >= 15 is 0 Å². The number of alkyl halides is 3. The molecule has 4 aliphatic rings. The summed E-state index contributed by atoms with van der Waals surface area (Å²) in [7, 11) is 0. The van der Waals surface area contributed by atoms with Gasteiger partial charge in [-0.05, 0) is 104 Å². The minimum absolute atomic E-state index is 0.00257. The zero-order valence-electron chi connectivity index (χ0n) is 22.3. The zero-order chi connectivity index (χ0) is 27.6. The first-order valence-corrected chi connectivity index (χ1v) is 14.2. The molecule has 2 bridgehead atoms. The minimum Gasteiger partial charge on any atom is -0.490 e. The topological polar surface area (TPSA) is 49.8 Å². The fraction of sp³-hybridized carbons (Fsp3) is 0.581. The van der Waals surface area contributed by atoms with Gasteiger partial charge in [-0.2, -0.15) is 13.2 Å². The second kappa shape index (κ2) is 9.79. The Labute approximate surface area is 226 Å². The van der Waals surface area contributed by atoms with Crippen LogP contribution in [0.3, 0.4) is 0 Å². The Hall–Kier alpha value is -2.61. The van der Waals surface area contributed by atoms with Crippen LogP contribution in [0.1, 0.15) is 80.2 Å². The summed E-state index contributed by atoms with van der Waals surface area (Å²) in [6.07, 6.45) is 1.19. The SMILES string of the molecule is C[C@H](C(=O)O)[C@H](c1ccc2c(c1)OC(C1CC3CC1CN3[C@@H](C)c1cc(F)ccc1C(F)(F)F)CC2)C1CC1. The van der Waals surface area contributed by atoms with Crippen molar-refractivity contribution < 1.29 is 32.2 Å². The highest BCUT2D eigenvalue weighted by atomic mass is 19.4. The van der Waals surface area contributed by atoms with Gasteiger partial charge in [-0.1, -0.05) is 19.1 Å². The molecule has 3 fully saturated rings. The summed E-state index contributed by atoms with van der Waals surface area (Å²) in [4.78, 5) is 13.9. The molecule has 4 nitrogen and oxygen atoms in total. The van der Waals surface area contributed by atoms with Crippen molar-refractivity contribution in [3.05, 3.63) is 64.5 Å². The lowest BCUT2D eigenvalue weighted by Crippen LogP contribution is -2.43. The predicted octanol–water partition coefficient (Wildman–Crippen LogP) is 7.22. The zero-order valence-corrected chi connectivity index (χ0v) is 22.3. The summed E-state index contributed by atoms with van der Waals surface area (Å²) in [5, 5.41) is 9.67. The molecule has 2 aromatic carbocycles. The van der Waals surface area contributed by atoms with Crippen molar-refractivity contribution in [2.45, 2.75) is 82.7 Å². The molecule has 2 heterocycles. The van der Waals surface area contributed by atoms with Crippen LogP contribution in [0.2, 0.25) is 0 Å². The number of hydrogen-bond donors (Lipinski definition) is 1. The molecule has 2 aliphatic carbocycles. The van der Waals surface area contributed by atoms with Crippen LogP contribution in [0.25, 0.3) is 0 Å². The summed E-state index contributed by atoms with van der Waals surface area (Å²) in [5.74, 6) is 0.0104. The van der Waals surface area contributed by atoms with Gasteiger partial charge in [0.05, 0.1) is 11.5 Å². The van der Waals surface area contributed by atoms with Gasteiger partial charge < -0.3 is 9.84 Å². The molecule has 0 aromatic heterocycles. The maximum atomic E-state index is 14.0. The number of fused-ring (bicyclic) bond motifs is 3. The van der Waals surface area contributed by atoms with Gasteiger partial charge >= 0.3 is 12.1 Å². The smallest absolute Gasteiger partial charge is 0.416 e. The fourth-order valence-electron chi connectivity index (χ4n) is 7.77. The highest BCUT2D eigenvalue weighted by Crippen LogP contribution is 2.51. The lowest BCUT2D eigenvalue weighted by Gasteiger charge is -2.40. The average molecular weight is 546 g/mol. The quantitative estimate of drug-likeness (QED) is 0.373. The molecular formula is C31H35F4NO3. The number of likely N-dealkylation sites (tertiary alicyclic amines) is 1. The number of halogens is 4. The molecule has 2 aromatic rings. The molecule has 8 heteroatoms. The van der Waals surface area contributed by atoms with Gasteiger partial charge in [0.15, 0.2) is 0 Å². The highest BCUT2D eigenvalue weighted by Gasteiger charge is 2.50. The van der Waals surface area contributed by atoms with Crippen LogP contribution in [0.5, 0.6) is 5.75 Å². The van der Waals surface area contributed by atoms with Gasteiger partial charge in [-0.25, -0.2) is 4.39 Å². The first-order chi connectivity index (χ1) is 18.5. The molecule has 0 amide bonds. The number of nitrogens with zero attached hydrogens (tertiary/aromatic N) is 1. The second-order valence-corrected chi connectivity index (χ2v) is 12.2. The van der Waals surface area contributed by atoms with Crippen molar-refractivity contribution in [3.8, 4) is 5.75 Å². The van der Waals surface area contributed by atoms with Gasteiger partial charge in [0.25, 0.3) is 0 Å². The maximum absolute atomic E-state index is 14.0. The van der Waals surface area contributed by atoms with Gasteiger partial charge in [0, 0.05) is 24.5 Å². The molecule has 0 spiro atoms. The number of aryl methyl sites for hydroxylation is 1. The third-order valence-corrected chi connectivity index (χ3v) is 9.89. The lowest BCUT2D eigenvalue weighted by atomic mass is 9.81. The van der Waals surface area contributed by atoms with E-state index in [0.29, 0.717) is 24.3 Å². The fourth-order valence-corrected chi connectivity index (χ4v) is 7.77. The Morgan fingerprint density at radius 1 is 1.08 bits per heavy atom. The average Bonchev–Trinajstić information content (AvgIpc) is 3.51. The third kappa shape index (κ3) is 4.94. The van der Waals surface area contributed by atoms with E-state index in [4.69, 9.17) is 4.74 Å². The molecule has 1 saturated heterocycles. The van der Waals surface area contributed by atoms with Crippen molar-refractivity contribution in [3.63, 3.8) is 0 Å². The molecule has 1 N–H and O–H groups in total. The Morgan fingerprint density at radius 3 is 2.49 bits per heavy atom. The first kappa shape index (κ1) is 26.6. The summed E-state index contributed by atoms with van der Waals surface area (Å²) in [6.45, 7) is 4.22. The molecule has 7 atom stereocenters. The molecule has 2 aliphatic heterocycles. The first-order valence-electron chi connectivity index (χ1n) is 14.2. The van der Waals surface area contributed by atoms with E-state index in [1.807, 2.05) is 0 Å². The minimum atomic E-state index is -4.53. The van der Waals surface area contributed by atoms with Gasteiger partial charge in [-0.3, -0.25) is 9.69 Å². The lowest BCUT2D eigenvalue weighted by molar-refractivity contribution is -0.142. The number of hydrogen-bond acceptors (Lipinski definition) is 3. The molecule has 210 valence electrons. The number of carbonyl (C=O) groups is 1. The predicted molar refractivity (Wildman–Crippen MR) is 138 cm³/mol. The van der Waals surface area contributed by atoms with Gasteiger partial charge in [-0.15, -0.1) is 0 Å². The Morgan fingerprint density at radius 2 is 1.85 bits per heavy atom. The van der Waals surface area contributed by atoms with Gasteiger partial charge in [0.2, 0.25) is 0 Å². The maximum Gasteiger partial charge on any atom is 0.416 e. The van der Waals surface area contributed by atoms with E-state index in [2.05, 4.69) is 23.1 Å². The standard InChI is InChI=1S/C31H35F4NO3/c1-16(30(37)38)29(19-4-5-19)20-6-3-18-7-10-27(39-28(18)12-20)25-14-23-11-21(25)15-36(23)17(2)24-13-22(32)8-9-26(24)31(33,34)35/h3,6,8-9,12-13,16-17,19,21,23,25,27,29H,4-5,7,10-11,14-15H2,1-2H3,(H,37,38)/t16-,17-,21?,23?,25?,27?,29-/m0/s1. The van der Waals surface area contributed by atoms with Crippen LogP contribution in [-0.4, -0.2) is 34.7 Å². The third-order valence-electron chi connectivity index (χ3n) is 9.89. The number of rotatable bonds is 7. The van der Waals surface area contributed by atoms with Crippen LogP contribution < -0.4 is 4.74 Å². The normalized spacial score (nSPS) is 29.0. The number of carboxylic acid groups (broad SMARTS) is 1.